The molecular weight excluding hydrogens is 502 g/mol. The molecule has 1 amide bonds. The van der Waals surface area contributed by atoms with Gasteiger partial charge in [0.15, 0.2) is 0 Å². The molecule has 38 heavy (non-hydrogen) atoms. The monoisotopic (exact) mass is 531 g/mol. The van der Waals surface area contributed by atoms with E-state index in [4.69, 9.17) is 4.42 Å². The summed E-state index contributed by atoms with van der Waals surface area (Å²) >= 11 is 0. The number of aromatic nitrogens is 3. The van der Waals surface area contributed by atoms with Crippen LogP contribution in [0.1, 0.15) is 41.5 Å². The lowest BCUT2D eigenvalue weighted by molar-refractivity contribution is -0.134. The summed E-state index contributed by atoms with van der Waals surface area (Å²) in [4.78, 5) is 19.5. The molecule has 0 spiro atoms. The van der Waals surface area contributed by atoms with Crippen molar-refractivity contribution in [2.45, 2.75) is 44.0 Å². The van der Waals surface area contributed by atoms with Gasteiger partial charge in [-0.15, -0.1) is 10.2 Å². The highest BCUT2D eigenvalue weighted by Crippen LogP contribution is 2.33. The van der Waals surface area contributed by atoms with Crippen LogP contribution in [-0.2, 0) is 27.0 Å². The van der Waals surface area contributed by atoms with Gasteiger partial charge >= 0.3 is 0 Å². The molecule has 9 nitrogen and oxygen atoms in total. The van der Waals surface area contributed by atoms with Crippen molar-refractivity contribution >= 4 is 15.9 Å². The van der Waals surface area contributed by atoms with Gasteiger partial charge in [-0.05, 0) is 49.4 Å². The van der Waals surface area contributed by atoms with E-state index >= 15 is 0 Å². The Morgan fingerprint density at radius 2 is 1.76 bits per heavy atom. The highest BCUT2D eigenvalue weighted by molar-refractivity contribution is 7.88. The molecule has 5 rings (SSSR count). The van der Waals surface area contributed by atoms with E-state index in [1.54, 1.807) is 41.6 Å². The third-order valence-corrected chi connectivity index (χ3v) is 7.93. The third kappa shape index (κ3) is 6.15. The fourth-order valence-electron chi connectivity index (χ4n) is 4.66. The Morgan fingerprint density at radius 3 is 2.50 bits per heavy atom. The molecule has 2 aromatic carbocycles. The smallest absolute Gasteiger partial charge is 0.247 e. The van der Waals surface area contributed by atoms with Crippen LogP contribution in [0.15, 0.2) is 83.5 Å². The maximum absolute atomic E-state index is 13.9. The van der Waals surface area contributed by atoms with Crippen molar-refractivity contribution in [3.63, 3.8) is 0 Å². The van der Waals surface area contributed by atoms with Gasteiger partial charge in [-0.2, -0.15) is 0 Å². The van der Waals surface area contributed by atoms with E-state index in [9.17, 15) is 13.2 Å². The first-order valence-electron chi connectivity index (χ1n) is 12.5. The Bertz CT molecular complexity index is 1470. The lowest BCUT2D eigenvalue weighted by Crippen LogP contribution is -2.49. The van der Waals surface area contributed by atoms with Gasteiger partial charge < -0.3 is 9.32 Å². The molecule has 196 valence electrons. The maximum atomic E-state index is 13.9. The van der Waals surface area contributed by atoms with Crippen molar-refractivity contribution in [2.24, 2.45) is 0 Å². The summed E-state index contributed by atoms with van der Waals surface area (Å²) in [7, 11) is -3.81. The second-order valence-corrected chi connectivity index (χ2v) is 11.2. The molecule has 2 unspecified atom stereocenters. The predicted molar refractivity (Wildman–Crippen MR) is 142 cm³/mol. The number of sulfonamides is 1. The minimum Gasteiger partial charge on any atom is -0.418 e. The average Bonchev–Trinajstić information content (AvgIpc) is 3.60. The summed E-state index contributed by atoms with van der Waals surface area (Å²) in [6, 6.07) is 18.9. The van der Waals surface area contributed by atoms with Crippen LogP contribution in [0.3, 0.4) is 0 Å². The van der Waals surface area contributed by atoms with E-state index in [0.29, 0.717) is 30.3 Å². The number of hydrogen-bond acceptors (Lipinski definition) is 7. The number of nitrogens with zero attached hydrogens (tertiary/aromatic N) is 4. The summed E-state index contributed by atoms with van der Waals surface area (Å²) in [5.41, 5.74) is 3.30. The first kappa shape index (κ1) is 25.7. The number of hydrogen-bond donors (Lipinski definition) is 1. The van der Waals surface area contributed by atoms with E-state index in [1.165, 1.54) is 0 Å². The molecule has 0 saturated carbocycles. The van der Waals surface area contributed by atoms with Crippen LogP contribution < -0.4 is 4.72 Å². The Labute approximate surface area is 222 Å². The fourth-order valence-corrected chi connectivity index (χ4v) is 5.99. The average molecular weight is 532 g/mol. The second kappa shape index (κ2) is 11.2. The fraction of sp³-hybridized carbons (Fsp3) is 0.286. The molecule has 0 radical (unpaired) electrons. The molecule has 1 N–H and O–H groups in total. The molecule has 2 atom stereocenters. The lowest BCUT2D eigenvalue weighted by atomic mass is 10.1. The van der Waals surface area contributed by atoms with Gasteiger partial charge in [0.2, 0.25) is 27.7 Å². The number of benzene rings is 2. The van der Waals surface area contributed by atoms with Gasteiger partial charge in [0.05, 0.1) is 5.75 Å². The third-order valence-electron chi connectivity index (χ3n) is 6.57. The predicted octanol–water partition coefficient (Wildman–Crippen LogP) is 3.83. The molecule has 0 aliphatic carbocycles. The molecule has 1 aliphatic heterocycles. The van der Waals surface area contributed by atoms with Crippen molar-refractivity contribution < 1.29 is 17.6 Å². The molecule has 4 aromatic rings. The van der Waals surface area contributed by atoms with Gasteiger partial charge in [0.25, 0.3) is 0 Å². The van der Waals surface area contributed by atoms with E-state index < -0.39 is 22.1 Å². The summed E-state index contributed by atoms with van der Waals surface area (Å²) < 4.78 is 35.0. The highest BCUT2D eigenvalue weighted by atomic mass is 32.2. The molecule has 1 fully saturated rings. The second-order valence-electron chi connectivity index (χ2n) is 9.48. The van der Waals surface area contributed by atoms with E-state index in [-0.39, 0.29) is 18.1 Å². The van der Waals surface area contributed by atoms with Gasteiger partial charge in [-0.1, -0.05) is 60.2 Å². The van der Waals surface area contributed by atoms with Gasteiger partial charge in [-0.25, -0.2) is 13.1 Å². The molecule has 0 bridgehead atoms. The van der Waals surface area contributed by atoms with Crippen molar-refractivity contribution in [3.05, 3.63) is 102 Å². The minimum atomic E-state index is -3.81. The van der Waals surface area contributed by atoms with Gasteiger partial charge in [-0.3, -0.25) is 9.78 Å². The quantitative estimate of drug-likeness (QED) is 0.349. The number of carbonyl (C=O) groups is 1. The Hall–Kier alpha value is -3.89. The number of nitrogens with one attached hydrogen (secondary N) is 1. The zero-order valence-electron chi connectivity index (χ0n) is 21.0. The van der Waals surface area contributed by atoms with Crippen LogP contribution in [0.25, 0.3) is 11.5 Å². The number of amides is 1. The highest BCUT2D eigenvalue weighted by Gasteiger charge is 2.38. The standard InChI is InChI=1S/C28H29N5O4S/c1-20-9-11-22(12-10-20)19-38(35,36)32-24(18-21-6-3-2-4-7-21)28(34)33-17-5-8-25(33)27-31-30-26(37-27)23-13-15-29-16-14-23/h2-4,6-7,9-16,24-25,32H,5,8,17-19H2,1H3. The topological polar surface area (TPSA) is 118 Å². The SMILES string of the molecule is Cc1ccc(CS(=O)(=O)NC(Cc2ccccc2)C(=O)N2CCCC2c2nnc(-c3ccncc3)o2)cc1. The summed E-state index contributed by atoms with van der Waals surface area (Å²) in [5.74, 6) is 0.159. The number of aryl methyl sites for hydroxylation is 1. The molecule has 1 saturated heterocycles. The van der Waals surface area contributed by atoms with Gasteiger partial charge in [0, 0.05) is 24.5 Å². The van der Waals surface area contributed by atoms with Crippen molar-refractivity contribution in [1.82, 2.24) is 24.8 Å². The number of carbonyl (C=O) groups excluding carboxylic acids is 1. The normalized spacial score (nSPS) is 16.4. The molecule has 10 heteroatoms. The van der Waals surface area contributed by atoms with E-state index in [1.807, 2.05) is 49.4 Å². The van der Waals surface area contributed by atoms with Crippen LogP contribution in [0, 0.1) is 6.92 Å². The largest absolute Gasteiger partial charge is 0.418 e. The Balaban J connectivity index is 1.38. The van der Waals surface area contributed by atoms with E-state index in [0.717, 1.165) is 23.1 Å². The Kier molecular flexibility index (Phi) is 7.62. The number of likely N-dealkylation sites (tertiary alicyclic amines) is 1. The first-order chi connectivity index (χ1) is 18.4. The molecule has 1 aliphatic rings. The summed E-state index contributed by atoms with van der Waals surface area (Å²) in [5, 5.41) is 8.37. The molecular formula is C28H29N5O4S. The summed E-state index contributed by atoms with van der Waals surface area (Å²) in [6.07, 6.45) is 4.90. The zero-order valence-corrected chi connectivity index (χ0v) is 21.8. The van der Waals surface area contributed by atoms with Gasteiger partial charge in [0.1, 0.15) is 12.1 Å². The molecule has 3 heterocycles. The summed E-state index contributed by atoms with van der Waals surface area (Å²) in [6.45, 7) is 2.42. The van der Waals surface area contributed by atoms with Crippen LogP contribution in [0.5, 0.6) is 0 Å². The zero-order chi connectivity index (χ0) is 26.5. The van der Waals surface area contributed by atoms with Crippen LogP contribution in [0.4, 0.5) is 0 Å². The Morgan fingerprint density at radius 1 is 1.03 bits per heavy atom. The van der Waals surface area contributed by atoms with Crippen molar-refractivity contribution in [1.29, 1.82) is 0 Å². The number of pyridine rings is 1. The van der Waals surface area contributed by atoms with Crippen molar-refractivity contribution in [2.75, 3.05) is 6.54 Å². The first-order valence-corrected chi connectivity index (χ1v) is 14.2. The molecule has 2 aromatic heterocycles. The van der Waals surface area contributed by atoms with Crippen LogP contribution in [-0.4, -0.2) is 47.0 Å². The number of rotatable bonds is 9. The van der Waals surface area contributed by atoms with Crippen LogP contribution in [0.2, 0.25) is 0 Å². The van der Waals surface area contributed by atoms with Crippen molar-refractivity contribution in [3.8, 4) is 11.5 Å². The maximum Gasteiger partial charge on any atom is 0.247 e. The lowest BCUT2D eigenvalue weighted by Gasteiger charge is -2.27. The minimum absolute atomic E-state index is 0.214. The van der Waals surface area contributed by atoms with Crippen LogP contribution >= 0.6 is 0 Å². The van der Waals surface area contributed by atoms with E-state index in [2.05, 4.69) is 19.9 Å².